The van der Waals surface area contributed by atoms with Crippen molar-refractivity contribution in [3.63, 3.8) is 0 Å². The van der Waals surface area contributed by atoms with E-state index in [-0.39, 0.29) is 5.91 Å². The van der Waals surface area contributed by atoms with Crippen LogP contribution in [0.5, 0.6) is 11.5 Å². The van der Waals surface area contributed by atoms with E-state index in [9.17, 15) is 4.79 Å². The lowest BCUT2D eigenvalue weighted by molar-refractivity contribution is 0.102. The van der Waals surface area contributed by atoms with Gasteiger partial charge >= 0.3 is 0 Å². The van der Waals surface area contributed by atoms with Crippen LogP contribution in [-0.4, -0.2) is 34.9 Å². The summed E-state index contributed by atoms with van der Waals surface area (Å²) in [6.45, 7) is 1.86. The maximum Gasteiger partial charge on any atom is 0.260 e. The zero-order valence-corrected chi connectivity index (χ0v) is 17.6. The molecule has 2 aromatic heterocycles. The standard InChI is InChI=1S/C22H20N4O3S/c1-14-18(12-23-26(14)15-7-5-4-6-8-15)21(27)25-22-24-19(13-30-22)17-11-16(28-2)9-10-20(17)29-3/h4-13H,1-3H3,(H,24,25,27). The molecule has 0 saturated carbocycles. The lowest BCUT2D eigenvalue weighted by atomic mass is 10.1. The third kappa shape index (κ3) is 3.77. The number of methoxy groups -OCH3 is 2. The minimum atomic E-state index is -0.256. The van der Waals surface area contributed by atoms with Crippen molar-refractivity contribution in [1.29, 1.82) is 0 Å². The van der Waals surface area contributed by atoms with Crippen LogP contribution in [0.25, 0.3) is 16.9 Å². The first-order valence-corrected chi connectivity index (χ1v) is 10.1. The lowest BCUT2D eigenvalue weighted by Crippen LogP contribution is -2.13. The van der Waals surface area contributed by atoms with Crippen molar-refractivity contribution >= 4 is 22.4 Å². The minimum absolute atomic E-state index is 0.256. The van der Waals surface area contributed by atoms with Gasteiger partial charge in [-0.05, 0) is 37.3 Å². The molecule has 0 atom stereocenters. The second-order valence-corrected chi connectivity index (χ2v) is 7.31. The van der Waals surface area contributed by atoms with Gasteiger partial charge in [-0.1, -0.05) is 18.2 Å². The summed E-state index contributed by atoms with van der Waals surface area (Å²) < 4.78 is 12.5. The van der Waals surface area contributed by atoms with Gasteiger partial charge in [0.05, 0.1) is 43.1 Å². The van der Waals surface area contributed by atoms with Crippen molar-refractivity contribution in [2.45, 2.75) is 6.92 Å². The number of nitrogens with zero attached hydrogens (tertiary/aromatic N) is 3. The van der Waals surface area contributed by atoms with Gasteiger partial charge < -0.3 is 9.47 Å². The first-order valence-electron chi connectivity index (χ1n) is 9.20. The van der Waals surface area contributed by atoms with Gasteiger partial charge in [0.1, 0.15) is 11.5 Å². The van der Waals surface area contributed by atoms with Gasteiger partial charge in [-0.25, -0.2) is 9.67 Å². The quantitative estimate of drug-likeness (QED) is 0.494. The van der Waals surface area contributed by atoms with Crippen LogP contribution in [0, 0.1) is 6.92 Å². The summed E-state index contributed by atoms with van der Waals surface area (Å²) in [4.78, 5) is 17.4. The van der Waals surface area contributed by atoms with E-state index >= 15 is 0 Å². The van der Waals surface area contributed by atoms with Crippen LogP contribution in [0.15, 0.2) is 60.1 Å². The molecule has 0 aliphatic heterocycles. The summed E-state index contributed by atoms with van der Waals surface area (Å²) in [6.07, 6.45) is 1.57. The topological polar surface area (TPSA) is 78.3 Å². The van der Waals surface area contributed by atoms with Gasteiger partial charge in [0.25, 0.3) is 5.91 Å². The Labute approximate surface area is 177 Å². The fraction of sp³-hybridized carbons (Fsp3) is 0.136. The summed E-state index contributed by atoms with van der Waals surface area (Å²) in [5, 5.41) is 9.58. The number of carbonyl (C=O) groups is 1. The Bertz CT molecular complexity index is 1180. The van der Waals surface area contributed by atoms with E-state index in [0.29, 0.717) is 27.9 Å². The second kappa shape index (κ2) is 8.38. The van der Waals surface area contributed by atoms with Crippen LogP contribution in [0.3, 0.4) is 0 Å². The van der Waals surface area contributed by atoms with E-state index in [1.807, 2.05) is 60.8 Å². The average Bonchev–Trinajstić information content (AvgIpc) is 3.40. The Morgan fingerprint density at radius 3 is 2.63 bits per heavy atom. The number of amides is 1. The first-order chi connectivity index (χ1) is 14.6. The SMILES string of the molecule is COc1ccc(OC)c(-c2csc(NC(=O)c3cnn(-c4ccccc4)c3C)n2)c1. The monoisotopic (exact) mass is 420 g/mol. The summed E-state index contributed by atoms with van der Waals surface area (Å²) in [5.41, 5.74) is 3.64. The highest BCUT2D eigenvalue weighted by Gasteiger charge is 2.18. The van der Waals surface area contributed by atoms with E-state index < -0.39 is 0 Å². The number of nitrogens with one attached hydrogen (secondary N) is 1. The van der Waals surface area contributed by atoms with Crippen molar-refractivity contribution in [1.82, 2.24) is 14.8 Å². The van der Waals surface area contributed by atoms with Gasteiger partial charge in [-0.2, -0.15) is 5.10 Å². The van der Waals surface area contributed by atoms with Gasteiger partial charge in [-0.3, -0.25) is 10.1 Å². The van der Waals surface area contributed by atoms with Gasteiger partial charge in [-0.15, -0.1) is 11.3 Å². The summed E-state index contributed by atoms with van der Waals surface area (Å²) in [5.74, 6) is 1.13. The molecule has 0 unspecified atom stereocenters. The van der Waals surface area contributed by atoms with Crippen molar-refractivity contribution in [3.8, 4) is 28.4 Å². The summed E-state index contributed by atoms with van der Waals surface area (Å²) in [7, 11) is 3.21. The van der Waals surface area contributed by atoms with E-state index in [1.54, 1.807) is 25.1 Å². The number of carbonyl (C=O) groups excluding carboxylic acids is 1. The fourth-order valence-corrected chi connectivity index (χ4v) is 3.80. The molecule has 0 saturated heterocycles. The third-order valence-electron chi connectivity index (χ3n) is 4.66. The van der Waals surface area contributed by atoms with Gasteiger partial charge in [0.2, 0.25) is 0 Å². The normalized spacial score (nSPS) is 10.6. The number of ether oxygens (including phenoxy) is 2. The van der Waals surface area contributed by atoms with E-state index in [1.165, 1.54) is 11.3 Å². The van der Waals surface area contributed by atoms with Crippen molar-refractivity contribution in [2.24, 2.45) is 0 Å². The Morgan fingerprint density at radius 2 is 1.90 bits per heavy atom. The van der Waals surface area contributed by atoms with Crippen LogP contribution in [0.2, 0.25) is 0 Å². The predicted octanol–water partition coefficient (Wildman–Crippen LogP) is 4.57. The van der Waals surface area contributed by atoms with Crippen LogP contribution in [0.4, 0.5) is 5.13 Å². The largest absolute Gasteiger partial charge is 0.497 e. The Balaban J connectivity index is 1.57. The van der Waals surface area contributed by atoms with Crippen molar-refractivity contribution in [3.05, 3.63) is 71.4 Å². The van der Waals surface area contributed by atoms with E-state index in [2.05, 4.69) is 15.4 Å². The molecular formula is C22H20N4O3S. The molecular weight excluding hydrogens is 400 g/mol. The molecule has 30 heavy (non-hydrogen) atoms. The molecule has 1 amide bonds. The number of hydrogen-bond acceptors (Lipinski definition) is 6. The molecule has 152 valence electrons. The minimum Gasteiger partial charge on any atom is -0.497 e. The number of benzene rings is 2. The Hall–Kier alpha value is -3.65. The molecule has 0 spiro atoms. The summed E-state index contributed by atoms with van der Waals surface area (Å²) >= 11 is 1.34. The number of hydrogen-bond donors (Lipinski definition) is 1. The van der Waals surface area contributed by atoms with Crippen LogP contribution >= 0.6 is 11.3 Å². The highest BCUT2D eigenvalue weighted by atomic mass is 32.1. The highest BCUT2D eigenvalue weighted by Crippen LogP contribution is 2.35. The molecule has 0 aliphatic rings. The molecule has 0 radical (unpaired) electrons. The summed E-state index contributed by atoms with van der Waals surface area (Å²) in [6, 6.07) is 15.2. The van der Waals surface area contributed by atoms with E-state index in [4.69, 9.17) is 9.47 Å². The Morgan fingerprint density at radius 1 is 1.10 bits per heavy atom. The number of aromatic nitrogens is 3. The molecule has 1 N–H and O–H groups in total. The molecule has 0 aliphatic carbocycles. The molecule has 4 rings (SSSR count). The number of thiazole rings is 1. The maximum absolute atomic E-state index is 12.8. The van der Waals surface area contributed by atoms with E-state index in [0.717, 1.165) is 16.9 Å². The number of para-hydroxylation sites is 1. The molecule has 4 aromatic rings. The number of anilines is 1. The predicted molar refractivity (Wildman–Crippen MR) is 117 cm³/mol. The number of rotatable bonds is 6. The van der Waals surface area contributed by atoms with Crippen LogP contribution in [0.1, 0.15) is 16.1 Å². The van der Waals surface area contributed by atoms with Crippen LogP contribution in [-0.2, 0) is 0 Å². The maximum atomic E-state index is 12.8. The molecule has 0 fully saturated rings. The molecule has 2 heterocycles. The molecule has 2 aromatic carbocycles. The molecule has 0 bridgehead atoms. The lowest BCUT2D eigenvalue weighted by Gasteiger charge is -2.08. The zero-order valence-electron chi connectivity index (χ0n) is 16.7. The Kier molecular flexibility index (Phi) is 5.49. The molecule has 7 nitrogen and oxygen atoms in total. The third-order valence-corrected chi connectivity index (χ3v) is 5.42. The second-order valence-electron chi connectivity index (χ2n) is 6.45. The first kappa shape index (κ1) is 19.7. The fourth-order valence-electron chi connectivity index (χ4n) is 3.10. The van der Waals surface area contributed by atoms with Gasteiger partial charge in [0.15, 0.2) is 5.13 Å². The smallest absolute Gasteiger partial charge is 0.260 e. The highest BCUT2D eigenvalue weighted by molar-refractivity contribution is 7.14. The molecule has 8 heteroatoms. The van der Waals surface area contributed by atoms with Crippen molar-refractivity contribution in [2.75, 3.05) is 19.5 Å². The van der Waals surface area contributed by atoms with Gasteiger partial charge in [0, 0.05) is 10.9 Å². The average molecular weight is 420 g/mol. The van der Waals surface area contributed by atoms with Crippen LogP contribution < -0.4 is 14.8 Å². The van der Waals surface area contributed by atoms with Crippen molar-refractivity contribution < 1.29 is 14.3 Å². The zero-order chi connectivity index (χ0) is 21.1.